The van der Waals surface area contributed by atoms with E-state index in [1.807, 2.05) is 23.8 Å². The summed E-state index contributed by atoms with van der Waals surface area (Å²) in [6.45, 7) is 0.773. The molecule has 0 radical (unpaired) electrons. The summed E-state index contributed by atoms with van der Waals surface area (Å²) in [6.07, 6.45) is 6.17. The lowest BCUT2D eigenvalue weighted by Gasteiger charge is -2.13. The Kier molecular flexibility index (Phi) is 2.70. The van der Waals surface area contributed by atoms with Gasteiger partial charge in [0.25, 0.3) is 0 Å². The van der Waals surface area contributed by atoms with Crippen molar-refractivity contribution in [2.75, 3.05) is 18.9 Å². The van der Waals surface area contributed by atoms with Crippen LogP contribution in [0.4, 0.5) is 5.82 Å². The zero-order valence-electron chi connectivity index (χ0n) is 9.80. The zero-order chi connectivity index (χ0) is 12.7. The third-order valence-corrected chi connectivity index (χ3v) is 3.47. The number of nitrogens with one attached hydrogen (secondary N) is 1. The van der Waals surface area contributed by atoms with E-state index >= 15 is 0 Å². The molecular weight excluding hydrogens is 298 g/mol. The number of likely N-dealkylation sites (N-methyl/N-ethyl adjacent to an activating group) is 1. The Morgan fingerprint density at radius 1 is 1.56 bits per heavy atom. The van der Waals surface area contributed by atoms with E-state index in [1.165, 1.54) is 0 Å². The minimum Gasteiger partial charge on any atom is -0.355 e. The highest BCUT2D eigenvalue weighted by Crippen LogP contribution is 2.20. The number of hydrogen-bond donors (Lipinski definition) is 1. The average Bonchev–Trinajstić information content (AvgIpc) is 2.90. The summed E-state index contributed by atoms with van der Waals surface area (Å²) in [7, 11) is 1.81. The van der Waals surface area contributed by atoms with Gasteiger partial charge in [0, 0.05) is 32.2 Å². The monoisotopic (exact) mass is 309 g/mol. The number of halogens is 1. The molecule has 1 N–H and O–H groups in total. The highest BCUT2D eigenvalue weighted by atomic mass is 79.9. The fraction of sp³-hybridized carbons (Fsp3) is 0.364. The minimum absolute atomic E-state index is 0.0986. The normalized spacial score (nSPS) is 19.8. The van der Waals surface area contributed by atoms with E-state index in [0.29, 0.717) is 10.4 Å². The minimum atomic E-state index is -0.211. The maximum atomic E-state index is 11.9. The molecule has 18 heavy (non-hydrogen) atoms. The molecule has 1 unspecified atom stereocenters. The Hall–Kier alpha value is -1.63. The molecule has 3 rings (SSSR count). The molecule has 0 bridgehead atoms. The largest absolute Gasteiger partial charge is 0.355 e. The van der Waals surface area contributed by atoms with Gasteiger partial charge in [-0.3, -0.25) is 4.79 Å². The van der Waals surface area contributed by atoms with Crippen LogP contribution < -0.4 is 5.32 Å². The molecule has 1 aliphatic rings. The molecule has 7 heteroatoms. The third-order valence-electron chi connectivity index (χ3n) is 3.08. The maximum absolute atomic E-state index is 11.9. The van der Waals surface area contributed by atoms with Crippen LogP contribution >= 0.6 is 15.9 Å². The van der Waals surface area contributed by atoms with Crippen molar-refractivity contribution in [2.24, 2.45) is 0 Å². The number of carbonyl (C=O) groups excluding carboxylic acids is 1. The van der Waals surface area contributed by atoms with Crippen LogP contribution in [0.5, 0.6) is 0 Å². The van der Waals surface area contributed by atoms with E-state index in [0.717, 1.165) is 18.6 Å². The van der Waals surface area contributed by atoms with Gasteiger partial charge in [-0.1, -0.05) is 0 Å². The van der Waals surface area contributed by atoms with E-state index < -0.39 is 0 Å². The molecular formula is C11H12BrN5O. The van der Waals surface area contributed by atoms with Crippen molar-refractivity contribution in [3.05, 3.63) is 23.2 Å². The van der Waals surface area contributed by atoms with E-state index in [9.17, 15) is 4.79 Å². The first kappa shape index (κ1) is 11.5. The van der Waals surface area contributed by atoms with Crippen LogP contribution in [0, 0.1) is 0 Å². The Morgan fingerprint density at radius 3 is 3.11 bits per heavy atom. The molecule has 1 saturated heterocycles. The topological polar surface area (TPSA) is 62.5 Å². The maximum Gasteiger partial charge on any atom is 0.244 e. The van der Waals surface area contributed by atoms with E-state index in [2.05, 4.69) is 31.2 Å². The molecule has 0 aliphatic carbocycles. The second-order valence-corrected chi connectivity index (χ2v) is 5.13. The molecule has 2 aromatic rings. The Morgan fingerprint density at radius 2 is 2.39 bits per heavy atom. The summed E-state index contributed by atoms with van der Waals surface area (Å²) in [4.78, 5) is 22.2. The number of imidazole rings is 1. The number of amides is 1. The first-order valence-corrected chi connectivity index (χ1v) is 6.45. The van der Waals surface area contributed by atoms with Gasteiger partial charge < -0.3 is 14.6 Å². The lowest BCUT2D eigenvalue weighted by molar-refractivity contribution is -0.127. The molecule has 0 aromatic carbocycles. The van der Waals surface area contributed by atoms with Crippen molar-refractivity contribution >= 4 is 33.3 Å². The zero-order valence-corrected chi connectivity index (χ0v) is 11.4. The number of rotatable bonds is 2. The van der Waals surface area contributed by atoms with Gasteiger partial charge in [0.1, 0.15) is 10.6 Å². The van der Waals surface area contributed by atoms with E-state index in [-0.39, 0.29) is 11.9 Å². The molecule has 1 amide bonds. The van der Waals surface area contributed by atoms with Crippen LogP contribution in [0.3, 0.4) is 0 Å². The smallest absolute Gasteiger partial charge is 0.244 e. The fourth-order valence-corrected chi connectivity index (χ4v) is 2.52. The Labute approximate surface area is 112 Å². The van der Waals surface area contributed by atoms with Crippen molar-refractivity contribution in [3.8, 4) is 0 Å². The highest BCUT2D eigenvalue weighted by molar-refractivity contribution is 9.10. The first-order chi connectivity index (χ1) is 8.65. The second kappa shape index (κ2) is 4.24. The van der Waals surface area contributed by atoms with Crippen molar-refractivity contribution in [1.29, 1.82) is 0 Å². The number of hydrogen-bond acceptors (Lipinski definition) is 4. The summed E-state index contributed by atoms with van der Waals surface area (Å²) >= 11 is 3.35. The third kappa shape index (κ3) is 1.84. The average molecular weight is 310 g/mol. The van der Waals surface area contributed by atoms with Gasteiger partial charge >= 0.3 is 0 Å². The molecule has 1 aliphatic heterocycles. The van der Waals surface area contributed by atoms with Gasteiger partial charge in [-0.25, -0.2) is 9.97 Å². The van der Waals surface area contributed by atoms with Crippen LogP contribution in [0.2, 0.25) is 0 Å². The summed E-state index contributed by atoms with van der Waals surface area (Å²) in [5.74, 6) is 0.726. The van der Waals surface area contributed by atoms with Crippen LogP contribution in [-0.4, -0.2) is 44.8 Å². The number of anilines is 1. The van der Waals surface area contributed by atoms with Crippen LogP contribution in [0.15, 0.2) is 23.2 Å². The van der Waals surface area contributed by atoms with E-state index in [1.54, 1.807) is 11.1 Å². The van der Waals surface area contributed by atoms with Gasteiger partial charge in [0.15, 0.2) is 11.5 Å². The molecule has 3 heterocycles. The van der Waals surface area contributed by atoms with Gasteiger partial charge in [-0.05, 0) is 22.4 Å². The summed E-state index contributed by atoms with van der Waals surface area (Å²) in [5, 5.41) is 3.18. The Balaban J connectivity index is 1.95. The number of nitrogens with zero attached hydrogens (tertiary/aromatic N) is 4. The second-order valence-electron chi connectivity index (χ2n) is 4.32. The quantitative estimate of drug-likeness (QED) is 0.903. The number of aromatic nitrogens is 3. The molecule has 0 spiro atoms. The number of fused-ring (bicyclic) bond motifs is 1. The SMILES string of the molecule is CN1CCC(Nc2nc(Br)cn3ccnc23)C1=O. The molecule has 2 aromatic heterocycles. The van der Waals surface area contributed by atoms with Crippen molar-refractivity contribution < 1.29 is 4.79 Å². The summed E-state index contributed by atoms with van der Waals surface area (Å²) in [6, 6.07) is -0.211. The summed E-state index contributed by atoms with van der Waals surface area (Å²) < 4.78 is 2.57. The molecule has 0 saturated carbocycles. The Bertz CT molecular complexity index is 610. The predicted octanol–water partition coefficient (Wildman–Crippen LogP) is 1.13. The number of carbonyl (C=O) groups is 1. The van der Waals surface area contributed by atoms with Gasteiger partial charge in [-0.15, -0.1) is 0 Å². The van der Waals surface area contributed by atoms with Gasteiger partial charge in [0.05, 0.1) is 0 Å². The lowest BCUT2D eigenvalue weighted by Crippen LogP contribution is -2.31. The van der Waals surface area contributed by atoms with Gasteiger partial charge in [-0.2, -0.15) is 0 Å². The predicted molar refractivity (Wildman–Crippen MR) is 70.4 cm³/mol. The fourth-order valence-electron chi connectivity index (χ4n) is 2.12. The van der Waals surface area contributed by atoms with Crippen molar-refractivity contribution in [3.63, 3.8) is 0 Å². The first-order valence-electron chi connectivity index (χ1n) is 5.66. The highest BCUT2D eigenvalue weighted by Gasteiger charge is 2.29. The van der Waals surface area contributed by atoms with Crippen LogP contribution in [-0.2, 0) is 4.79 Å². The summed E-state index contributed by atoms with van der Waals surface area (Å²) in [5.41, 5.74) is 0.723. The molecule has 94 valence electrons. The van der Waals surface area contributed by atoms with Crippen LogP contribution in [0.25, 0.3) is 5.65 Å². The lowest BCUT2D eigenvalue weighted by atomic mass is 10.2. The molecule has 1 atom stereocenters. The molecule has 1 fully saturated rings. The standard InChI is InChI=1S/C11H12BrN5O/c1-16-4-2-7(11(16)18)14-9-10-13-3-5-17(10)6-8(12)15-9/h3,5-7H,2,4H2,1H3,(H,14,15). The number of likely N-dealkylation sites (tertiary alicyclic amines) is 1. The van der Waals surface area contributed by atoms with Gasteiger partial charge in [0.2, 0.25) is 5.91 Å². The van der Waals surface area contributed by atoms with Crippen molar-refractivity contribution in [2.45, 2.75) is 12.5 Å². The van der Waals surface area contributed by atoms with Crippen LogP contribution in [0.1, 0.15) is 6.42 Å². The van der Waals surface area contributed by atoms with Crippen molar-refractivity contribution in [1.82, 2.24) is 19.3 Å². The van der Waals surface area contributed by atoms with E-state index in [4.69, 9.17) is 0 Å². The molecule has 6 nitrogen and oxygen atoms in total.